The normalized spacial score (nSPS) is 15.0. The van der Waals surface area contributed by atoms with E-state index < -0.39 is 22.7 Å². The number of halogens is 4. The molecule has 0 nitrogen and oxygen atoms in total. The molecule has 0 unspecified atom stereocenters. The molecule has 0 spiro atoms. The molecule has 0 radical (unpaired) electrons. The first-order chi connectivity index (χ1) is 13.9. The number of rotatable bonds is 7. The van der Waals surface area contributed by atoms with Gasteiger partial charge in [0.15, 0.2) is 0 Å². The molecule has 0 aromatic heterocycles. The third kappa shape index (κ3) is 6.09. The summed E-state index contributed by atoms with van der Waals surface area (Å²) in [6.07, 6.45) is 3.80. The van der Waals surface area contributed by atoms with Crippen LogP contribution in [0.5, 0.6) is 0 Å². The van der Waals surface area contributed by atoms with E-state index in [4.69, 9.17) is 0 Å². The van der Waals surface area contributed by atoms with E-state index in [0.717, 1.165) is 19.9 Å². The molecule has 1 rings (SSSR count). The summed E-state index contributed by atoms with van der Waals surface area (Å²) in [7, 11) is 0. The smallest absolute Gasteiger partial charge is 0.212 e. The number of alkyl halides is 2. The van der Waals surface area contributed by atoms with Gasteiger partial charge in [-0.2, -0.15) is 0 Å². The van der Waals surface area contributed by atoms with Crippen molar-refractivity contribution in [3.8, 4) is 0 Å². The van der Waals surface area contributed by atoms with Crippen molar-refractivity contribution < 1.29 is 17.6 Å². The van der Waals surface area contributed by atoms with Gasteiger partial charge in [0.1, 0.15) is 5.82 Å². The maximum Gasteiger partial charge on any atom is 0.270 e. The summed E-state index contributed by atoms with van der Waals surface area (Å²) in [6.45, 7) is 21.3. The SMILES string of the molecule is C=C\C(=C/C(C)=C(/C=C(\C)F)C(C)(F)F)C(=C)c1cccc(F)c1C(C)(C)C(C)(C)C. The Morgan fingerprint density at radius 3 is 1.94 bits per heavy atom. The summed E-state index contributed by atoms with van der Waals surface area (Å²) in [5.74, 6) is -4.31. The van der Waals surface area contributed by atoms with Crippen LogP contribution < -0.4 is 0 Å². The van der Waals surface area contributed by atoms with E-state index in [2.05, 4.69) is 13.2 Å². The highest BCUT2D eigenvalue weighted by molar-refractivity contribution is 5.83. The van der Waals surface area contributed by atoms with Crippen LogP contribution in [0.15, 0.2) is 72.1 Å². The van der Waals surface area contributed by atoms with Crippen molar-refractivity contribution >= 4 is 5.57 Å². The second-order valence-corrected chi connectivity index (χ2v) is 9.54. The lowest BCUT2D eigenvalue weighted by molar-refractivity contribution is 0.0664. The fourth-order valence-electron chi connectivity index (χ4n) is 3.31. The summed E-state index contributed by atoms with van der Waals surface area (Å²) in [4.78, 5) is 0. The fraction of sp³-hybridized carbons (Fsp3) is 0.407. The topological polar surface area (TPSA) is 0 Å². The van der Waals surface area contributed by atoms with Gasteiger partial charge in [-0.15, -0.1) is 0 Å². The van der Waals surface area contributed by atoms with Gasteiger partial charge >= 0.3 is 0 Å². The Labute approximate surface area is 184 Å². The fourth-order valence-corrected chi connectivity index (χ4v) is 3.31. The summed E-state index contributed by atoms with van der Waals surface area (Å²) >= 11 is 0. The maximum absolute atomic E-state index is 15.0. The lowest BCUT2D eigenvalue weighted by atomic mass is 9.63. The average Bonchev–Trinajstić information content (AvgIpc) is 2.60. The standard InChI is InChI=1S/C27H34F4/c1-11-20(15-17(2)22(16-18(3)28)27(10,30)31)19(4)21-13-12-14-23(29)24(21)26(8,9)25(5,6)7/h11-16H,1,4H2,2-3,5-10H3/b18-16+,20-15+,22-17-. The van der Waals surface area contributed by atoms with Gasteiger partial charge in [-0.25, -0.2) is 17.6 Å². The molecule has 1 aromatic carbocycles. The minimum Gasteiger partial charge on any atom is -0.212 e. The molecule has 0 fully saturated rings. The molecule has 0 atom stereocenters. The van der Waals surface area contributed by atoms with E-state index in [1.54, 1.807) is 12.1 Å². The van der Waals surface area contributed by atoms with Crippen molar-refractivity contribution in [2.45, 2.75) is 66.7 Å². The molecular formula is C27H34F4. The summed E-state index contributed by atoms with van der Waals surface area (Å²) in [5.41, 5.74) is 0.926. The van der Waals surface area contributed by atoms with Crippen LogP contribution in [-0.2, 0) is 5.41 Å². The summed E-state index contributed by atoms with van der Waals surface area (Å²) < 4.78 is 56.6. The molecule has 0 bridgehead atoms. The van der Waals surface area contributed by atoms with E-state index >= 15 is 4.39 Å². The predicted molar refractivity (Wildman–Crippen MR) is 124 cm³/mol. The first-order valence-electron chi connectivity index (χ1n) is 10.2. The number of benzene rings is 1. The van der Waals surface area contributed by atoms with Gasteiger partial charge in [0, 0.05) is 18.1 Å². The van der Waals surface area contributed by atoms with Gasteiger partial charge in [0.05, 0.1) is 5.83 Å². The zero-order chi connectivity index (χ0) is 24.4. The molecule has 0 N–H and O–H groups in total. The Hall–Kier alpha value is -2.36. The Morgan fingerprint density at radius 2 is 1.52 bits per heavy atom. The Morgan fingerprint density at radius 1 is 0.968 bits per heavy atom. The molecule has 0 aliphatic rings. The minimum atomic E-state index is -3.24. The van der Waals surface area contributed by atoms with Crippen molar-refractivity contribution in [2.24, 2.45) is 5.41 Å². The highest BCUT2D eigenvalue weighted by Crippen LogP contribution is 2.45. The van der Waals surface area contributed by atoms with E-state index in [1.807, 2.05) is 34.6 Å². The van der Waals surface area contributed by atoms with Gasteiger partial charge in [-0.3, -0.25) is 0 Å². The van der Waals surface area contributed by atoms with Crippen LogP contribution in [0, 0.1) is 11.2 Å². The van der Waals surface area contributed by atoms with E-state index in [0.29, 0.717) is 22.3 Å². The van der Waals surface area contributed by atoms with Crippen LogP contribution in [0.1, 0.15) is 66.5 Å². The molecule has 31 heavy (non-hydrogen) atoms. The molecular weight excluding hydrogens is 400 g/mol. The zero-order valence-corrected chi connectivity index (χ0v) is 19.9. The van der Waals surface area contributed by atoms with Crippen LogP contribution in [0.2, 0.25) is 0 Å². The lowest BCUT2D eigenvalue weighted by Crippen LogP contribution is -2.35. The Bertz CT molecular complexity index is 938. The van der Waals surface area contributed by atoms with Crippen molar-refractivity contribution in [2.75, 3.05) is 0 Å². The summed E-state index contributed by atoms with van der Waals surface area (Å²) in [6, 6.07) is 4.78. The summed E-state index contributed by atoms with van der Waals surface area (Å²) in [5, 5.41) is 0. The molecule has 0 amide bonds. The third-order valence-corrected chi connectivity index (χ3v) is 6.02. The van der Waals surface area contributed by atoms with E-state index in [1.165, 1.54) is 25.1 Å². The molecule has 0 saturated carbocycles. The molecule has 170 valence electrons. The molecule has 4 heteroatoms. The molecule has 1 aromatic rings. The minimum absolute atomic E-state index is 0.175. The lowest BCUT2D eigenvalue weighted by Gasteiger charge is -2.41. The highest BCUT2D eigenvalue weighted by Gasteiger charge is 2.38. The van der Waals surface area contributed by atoms with Crippen molar-refractivity contribution in [3.05, 3.63) is 89.1 Å². The van der Waals surface area contributed by atoms with Crippen LogP contribution in [0.3, 0.4) is 0 Å². The van der Waals surface area contributed by atoms with E-state index in [9.17, 15) is 13.2 Å². The first-order valence-corrected chi connectivity index (χ1v) is 10.2. The van der Waals surface area contributed by atoms with Crippen LogP contribution >= 0.6 is 0 Å². The van der Waals surface area contributed by atoms with Gasteiger partial charge in [0.2, 0.25) is 0 Å². The number of hydrogen-bond acceptors (Lipinski definition) is 0. The van der Waals surface area contributed by atoms with Gasteiger partial charge < -0.3 is 0 Å². The van der Waals surface area contributed by atoms with Crippen molar-refractivity contribution in [1.82, 2.24) is 0 Å². The maximum atomic E-state index is 15.0. The first kappa shape index (κ1) is 26.7. The quantitative estimate of drug-likeness (QED) is 0.296. The van der Waals surface area contributed by atoms with E-state index in [-0.39, 0.29) is 16.8 Å². The van der Waals surface area contributed by atoms with Crippen LogP contribution in [0.4, 0.5) is 17.6 Å². The number of allylic oxidation sites excluding steroid dienone is 8. The van der Waals surface area contributed by atoms with Crippen molar-refractivity contribution in [1.29, 1.82) is 0 Å². The van der Waals surface area contributed by atoms with Crippen molar-refractivity contribution in [3.63, 3.8) is 0 Å². The van der Waals surface area contributed by atoms with Crippen LogP contribution in [-0.4, -0.2) is 5.92 Å². The Kier molecular flexibility index (Phi) is 8.10. The van der Waals surface area contributed by atoms with Gasteiger partial charge in [-0.05, 0) is 59.1 Å². The second-order valence-electron chi connectivity index (χ2n) is 9.54. The number of hydrogen-bond donors (Lipinski definition) is 0. The van der Waals surface area contributed by atoms with Crippen LogP contribution in [0.25, 0.3) is 5.57 Å². The third-order valence-electron chi connectivity index (χ3n) is 6.02. The molecule has 0 heterocycles. The monoisotopic (exact) mass is 434 g/mol. The zero-order valence-electron chi connectivity index (χ0n) is 19.9. The molecule has 0 saturated heterocycles. The van der Waals surface area contributed by atoms with Gasteiger partial charge in [0.25, 0.3) is 5.92 Å². The highest BCUT2D eigenvalue weighted by atomic mass is 19.3. The average molecular weight is 435 g/mol. The Balaban J connectivity index is 3.77. The van der Waals surface area contributed by atoms with Gasteiger partial charge in [-0.1, -0.05) is 72.1 Å². The predicted octanol–water partition coefficient (Wildman–Crippen LogP) is 9.12. The molecule has 0 aliphatic heterocycles. The molecule has 0 aliphatic carbocycles. The largest absolute Gasteiger partial charge is 0.270 e. The second kappa shape index (κ2) is 9.42.